The van der Waals surface area contributed by atoms with Crippen molar-refractivity contribution < 1.29 is 4.74 Å². The van der Waals surface area contributed by atoms with Gasteiger partial charge in [-0.1, -0.05) is 80.8 Å². The summed E-state index contributed by atoms with van der Waals surface area (Å²) in [7, 11) is 0. The molecule has 2 aliphatic carbocycles. The normalized spacial score (nSPS) is 18.9. The highest BCUT2D eigenvalue weighted by molar-refractivity contribution is 6.12. The van der Waals surface area contributed by atoms with E-state index in [1.807, 2.05) is 12.3 Å². The molecule has 3 aromatic carbocycles. The zero-order chi connectivity index (χ0) is 22.9. The molecule has 34 heavy (non-hydrogen) atoms. The molecule has 6 rings (SSSR count). The summed E-state index contributed by atoms with van der Waals surface area (Å²) in [4.78, 5) is 4.86. The second-order valence-electron chi connectivity index (χ2n) is 9.91. The van der Waals surface area contributed by atoms with Crippen LogP contribution < -0.4 is 4.74 Å². The summed E-state index contributed by atoms with van der Waals surface area (Å²) in [5, 5.41) is 3.41. The molecule has 0 N–H and O–H groups in total. The van der Waals surface area contributed by atoms with Crippen LogP contribution in [0.3, 0.4) is 0 Å². The quantitative estimate of drug-likeness (QED) is 0.292. The van der Waals surface area contributed by atoms with Gasteiger partial charge in [0.1, 0.15) is 11.5 Å². The van der Waals surface area contributed by atoms with Crippen LogP contribution in [0.25, 0.3) is 27.2 Å². The van der Waals surface area contributed by atoms with Crippen LogP contribution in [0, 0.1) is 5.92 Å². The van der Waals surface area contributed by atoms with Crippen molar-refractivity contribution in [3.05, 3.63) is 96.2 Å². The Hall–Kier alpha value is -3.39. The minimum absolute atomic E-state index is 0.524. The maximum Gasteiger partial charge on any atom is 0.144 e. The van der Waals surface area contributed by atoms with Gasteiger partial charge in [0.2, 0.25) is 0 Å². The average Bonchev–Trinajstić information content (AvgIpc) is 2.89. The van der Waals surface area contributed by atoms with E-state index in [1.165, 1.54) is 54.2 Å². The van der Waals surface area contributed by atoms with E-state index in [0.717, 1.165) is 34.2 Å². The fourth-order valence-corrected chi connectivity index (χ4v) is 5.79. The predicted molar refractivity (Wildman–Crippen MR) is 142 cm³/mol. The van der Waals surface area contributed by atoms with Gasteiger partial charge in [0, 0.05) is 22.5 Å². The summed E-state index contributed by atoms with van der Waals surface area (Å²) in [5.41, 5.74) is 5.05. The van der Waals surface area contributed by atoms with Crippen molar-refractivity contribution in [1.82, 2.24) is 4.98 Å². The number of ether oxygens (including phenoxy) is 1. The van der Waals surface area contributed by atoms with Crippen LogP contribution in [0.2, 0.25) is 0 Å². The molecule has 1 atom stereocenters. The molecule has 0 radical (unpaired) electrons. The first-order chi connectivity index (χ1) is 16.8. The van der Waals surface area contributed by atoms with Crippen molar-refractivity contribution in [3.63, 3.8) is 0 Å². The number of hydrogen-bond donors (Lipinski definition) is 0. The lowest BCUT2D eigenvalue weighted by molar-refractivity contribution is 0.442. The van der Waals surface area contributed by atoms with Crippen molar-refractivity contribution in [2.24, 2.45) is 5.92 Å². The number of rotatable bonds is 4. The van der Waals surface area contributed by atoms with Gasteiger partial charge >= 0.3 is 0 Å². The average molecular weight is 446 g/mol. The number of aromatic nitrogens is 1. The van der Waals surface area contributed by atoms with E-state index >= 15 is 0 Å². The smallest absolute Gasteiger partial charge is 0.144 e. The maximum atomic E-state index is 6.64. The van der Waals surface area contributed by atoms with Gasteiger partial charge < -0.3 is 4.74 Å². The Morgan fingerprint density at radius 1 is 0.824 bits per heavy atom. The van der Waals surface area contributed by atoms with Gasteiger partial charge in [-0.15, -0.1) is 0 Å². The van der Waals surface area contributed by atoms with Gasteiger partial charge in [-0.3, -0.25) is 4.98 Å². The van der Waals surface area contributed by atoms with Crippen LogP contribution in [0.5, 0.6) is 11.5 Å². The van der Waals surface area contributed by atoms with Crippen molar-refractivity contribution in [2.45, 2.75) is 51.4 Å². The van der Waals surface area contributed by atoms with E-state index in [4.69, 9.17) is 9.72 Å². The summed E-state index contributed by atoms with van der Waals surface area (Å²) in [6, 6.07) is 21.6. The summed E-state index contributed by atoms with van der Waals surface area (Å²) in [6.07, 6.45) is 16.3. The first-order valence-electron chi connectivity index (χ1n) is 12.7. The molecule has 1 heterocycles. The number of benzene rings is 3. The predicted octanol–water partition coefficient (Wildman–Crippen LogP) is 9.21. The minimum Gasteiger partial charge on any atom is -0.456 e. The van der Waals surface area contributed by atoms with Crippen LogP contribution in [0.15, 0.2) is 85.1 Å². The monoisotopic (exact) mass is 445 g/mol. The van der Waals surface area contributed by atoms with E-state index < -0.39 is 0 Å². The fraction of sp³-hybridized carbons (Fsp3) is 0.281. The zero-order valence-corrected chi connectivity index (χ0v) is 19.8. The molecule has 0 spiro atoms. The Bertz CT molecular complexity index is 1330. The van der Waals surface area contributed by atoms with Crippen molar-refractivity contribution in [3.8, 4) is 11.5 Å². The molecule has 0 bridgehead atoms. The van der Waals surface area contributed by atoms with Crippen molar-refractivity contribution in [2.75, 3.05) is 0 Å². The first-order valence-corrected chi connectivity index (χ1v) is 12.7. The van der Waals surface area contributed by atoms with Crippen LogP contribution in [-0.2, 0) is 0 Å². The lowest BCUT2D eigenvalue weighted by atomic mass is 9.84. The fourth-order valence-electron chi connectivity index (χ4n) is 5.79. The number of allylic oxidation sites excluding steroid dienone is 4. The summed E-state index contributed by atoms with van der Waals surface area (Å²) < 4.78 is 6.64. The van der Waals surface area contributed by atoms with Crippen molar-refractivity contribution in [1.29, 1.82) is 0 Å². The highest BCUT2D eigenvalue weighted by Gasteiger charge is 2.21. The lowest BCUT2D eigenvalue weighted by Crippen LogP contribution is -2.04. The van der Waals surface area contributed by atoms with Crippen molar-refractivity contribution >= 4 is 27.2 Å². The molecule has 0 amide bonds. The first kappa shape index (κ1) is 21.2. The van der Waals surface area contributed by atoms with E-state index in [9.17, 15) is 0 Å². The molecule has 4 aromatic rings. The molecule has 1 aromatic heterocycles. The molecular weight excluding hydrogens is 414 g/mol. The van der Waals surface area contributed by atoms with Gasteiger partial charge in [0.15, 0.2) is 0 Å². The number of hydrogen-bond acceptors (Lipinski definition) is 2. The van der Waals surface area contributed by atoms with Gasteiger partial charge in [0.25, 0.3) is 0 Å². The number of pyridine rings is 1. The maximum absolute atomic E-state index is 6.64. The standard InChI is InChI=1S/C32H31NO/c1-22-9-7-12-25(21-22)30-27-13-5-6-14-28(27)32(29-15-8-20-33-31(29)30)34-26-18-16-24(17-19-26)23-10-3-2-4-11-23/h5-9,12-20,22-23H,2-4,10-11,21H2,1H3. The van der Waals surface area contributed by atoms with Gasteiger partial charge in [-0.2, -0.15) is 0 Å². The molecule has 0 saturated heterocycles. The Morgan fingerprint density at radius 3 is 2.38 bits per heavy atom. The summed E-state index contributed by atoms with van der Waals surface area (Å²) >= 11 is 0. The second-order valence-corrected chi connectivity index (χ2v) is 9.91. The molecule has 1 fully saturated rings. The second kappa shape index (κ2) is 9.10. The molecule has 1 unspecified atom stereocenters. The van der Waals surface area contributed by atoms with Gasteiger partial charge in [0.05, 0.1) is 5.52 Å². The van der Waals surface area contributed by atoms with Crippen LogP contribution in [0.4, 0.5) is 0 Å². The lowest BCUT2D eigenvalue weighted by Gasteiger charge is -2.22. The van der Waals surface area contributed by atoms with Gasteiger partial charge in [-0.25, -0.2) is 0 Å². The van der Waals surface area contributed by atoms with E-state index in [0.29, 0.717) is 11.8 Å². The topological polar surface area (TPSA) is 22.1 Å². The third kappa shape index (κ3) is 3.92. The van der Waals surface area contributed by atoms with Gasteiger partial charge in [-0.05, 0) is 71.9 Å². The third-order valence-electron chi connectivity index (χ3n) is 7.51. The molecule has 2 aliphatic rings. The van der Waals surface area contributed by atoms with Crippen LogP contribution in [0.1, 0.15) is 62.5 Å². The Labute approximate surface area is 202 Å². The molecule has 2 nitrogen and oxygen atoms in total. The largest absolute Gasteiger partial charge is 0.456 e. The highest BCUT2D eigenvalue weighted by Crippen LogP contribution is 2.44. The zero-order valence-electron chi connectivity index (χ0n) is 19.8. The summed E-state index contributed by atoms with van der Waals surface area (Å²) in [6.45, 7) is 2.27. The molecule has 0 aliphatic heterocycles. The Balaban J connectivity index is 1.46. The minimum atomic E-state index is 0.524. The van der Waals surface area contributed by atoms with Crippen LogP contribution >= 0.6 is 0 Å². The number of nitrogens with zero attached hydrogens (tertiary/aromatic N) is 1. The van der Waals surface area contributed by atoms with Crippen LogP contribution in [-0.4, -0.2) is 4.98 Å². The van der Waals surface area contributed by atoms with E-state index in [1.54, 1.807) is 0 Å². The Morgan fingerprint density at radius 2 is 1.59 bits per heavy atom. The molecule has 1 saturated carbocycles. The van der Waals surface area contributed by atoms with E-state index in [2.05, 4.69) is 79.7 Å². The number of fused-ring (bicyclic) bond motifs is 2. The summed E-state index contributed by atoms with van der Waals surface area (Å²) in [5.74, 6) is 3.01. The molecular formula is C32H31NO. The SMILES string of the molecule is CC1C=CC=C(c2c3ccccc3c(Oc3ccc(C4CCCCC4)cc3)c3cccnc23)C1. The molecule has 170 valence electrons. The van der Waals surface area contributed by atoms with E-state index in [-0.39, 0.29) is 0 Å². The Kier molecular flexibility index (Phi) is 5.66. The molecule has 2 heteroatoms. The third-order valence-corrected chi connectivity index (χ3v) is 7.51. The highest BCUT2D eigenvalue weighted by atomic mass is 16.5.